The molecule has 1 aromatic heterocycles. The molecule has 36 heavy (non-hydrogen) atoms. The van der Waals surface area contributed by atoms with Crippen molar-refractivity contribution >= 4 is 29.1 Å². The van der Waals surface area contributed by atoms with E-state index < -0.39 is 17.8 Å². The minimum atomic E-state index is -4.44. The molecule has 0 bridgehead atoms. The van der Waals surface area contributed by atoms with Gasteiger partial charge in [0, 0.05) is 31.9 Å². The molecule has 0 radical (unpaired) electrons. The second kappa shape index (κ2) is 10.5. The molecular formula is C25H24F3N5O3. The number of nitrogens with one attached hydrogen (secondary N) is 2. The molecular weight excluding hydrogens is 475 g/mol. The Hall–Kier alpha value is -4.28. The quantitative estimate of drug-likeness (QED) is 0.531. The number of para-hydroxylation sites is 1. The second-order valence-electron chi connectivity index (χ2n) is 8.04. The Morgan fingerprint density at radius 3 is 2.14 bits per heavy atom. The third kappa shape index (κ3) is 5.85. The van der Waals surface area contributed by atoms with Crippen LogP contribution in [0.25, 0.3) is 0 Å². The van der Waals surface area contributed by atoms with Gasteiger partial charge in [0.15, 0.2) is 0 Å². The molecule has 188 valence electrons. The first-order chi connectivity index (χ1) is 17.2. The van der Waals surface area contributed by atoms with Gasteiger partial charge in [0.05, 0.1) is 30.1 Å². The number of amides is 3. The fraction of sp³-hybridized carbons (Fsp3) is 0.240. The largest absolute Gasteiger partial charge is 0.496 e. The highest BCUT2D eigenvalue weighted by Gasteiger charge is 2.30. The smallest absolute Gasteiger partial charge is 0.416 e. The van der Waals surface area contributed by atoms with Crippen molar-refractivity contribution in [2.75, 3.05) is 48.8 Å². The molecule has 0 atom stereocenters. The van der Waals surface area contributed by atoms with Gasteiger partial charge in [-0.1, -0.05) is 12.1 Å². The molecule has 11 heteroatoms. The predicted molar refractivity (Wildman–Crippen MR) is 129 cm³/mol. The van der Waals surface area contributed by atoms with Crippen molar-refractivity contribution in [1.82, 2.24) is 9.88 Å². The third-order valence-corrected chi connectivity index (χ3v) is 5.70. The summed E-state index contributed by atoms with van der Waals surface area (Å²) < 4.78 is 43.3. The maximum Gasteiger partial charge on any atom is 0.416 e. The summed E-state index contributed by atoms with van der Waals surface area (Å²) in [5, 5.41) is 5.08. The molecule has 3 amide bonds. The summed E-state index contributed by atoms with van der Waals surface area (Å²) >= 11 is 0. The van der Waals surface area contributed by atoms with Crippen molar-refractivity contribution in [3.8, 4) is 5.75 Å². The third-order valence-electron chi connectivity index (χ3n) is 5.70. The average molecular weight is 499 g/mol. The Labute approximate surface area is 205 Å². The zero-order valence-electron chi connectivity index (χ0n) is 19.4. The SMILES string of the molecule is COc1ccccc1C(=O)N1CCN(c2ccc(NC(=O)Nc3ccc(C(F)(F)F)cc3)cn2)CC1. The molecule has 4 rings (SSSR count). The first kappa shape index (κ1) is 24.8. The summed E-state index contributed by atoms with van der Waals surface area (Å²) in [6.07, 6.45) is -2.94. The summed E-state index contributed by atoms with van der Waals surface area (Å²) in [5.74, 6) is 1.16. The number of hydrogen-bond acceptors (Lipinski definition) is 5. The van der Waals surface area contributed by atoms with Crippen LogP contribution >= 0.6 is 0 Å². The van der Waals surface area contributed by atoms with E-state index in [1.807, 2.05) is 11.0 Å². The standard InChI is InChI=1S/C25H24F3N5O3/c1-36-21-5-3-2-4-20(21)23(34)33-14-12-32(13-15-33)22-11-10-19(16-29-22)31-24(35)30-18-8-6-17(7-9-18)25(26,27)28/h2-11,16H,12-15H2,1H3,(H2,30,31,35). The number of methoxy groups -OCH3 is 1. The zero-order valence-corrected chi connectivity index (χ0v) is 19.4. The van der Waals surface area contributed by atoms with Gasteiger partial charge in [-0.05, 0) is 48.5 Å². The molecule has 0 unspecified atom stereocenters. The number of alkyl halides is 3. The van der Waals surface area contributed by atoms with Gasteiger partial charge in [-0.2, -0.15) is 13.2 Å². The highest BCUT2D eigenvalue weighted by atomic mass is 19.4. The molecule has 3 aromatic rings. The number of rotatable bonds is 5. The van der Waals surface area contributed by atoms with Crippen LogP contribution in [0.1, 0.15) is 15.9 Å². The summed E-state index contributed by atoms with van der Waals surface area (Å²) in [5.41, 5.74) is 0.383. The maximum absolute atomic E-state index is 12.9. The molecule has 0 saturated carbocycles. The Morgan fingerprint density at radius 1 is 0.889 bits per heavy atom. The Bertz CT molecular complexity index is 1210. The summed E-state index contributed by atoms with van der Waals surface area (Å²) in [4.78, 5) is 33.3. The van der Waals surface area contributed by atoms with E-state index in [1.165, 1.54) is 25.4 Å². The summed E-state index contributed by atoms with van der Waals surface area (Å²) in [6, 6.07) is 14.1. The lowest BCUT2D eigenvalue weighted by molar-refractivity contribution is -0.137. The fourth-order valence-corrected chi connectivity index (χ4v) is 3.81. The van der Waals surface area contributed by atoms with E-state index in [0.717, 1.165) is 12.1 Å². The van der Waals surface area contributed by atoms with E-state index >= 15 is 0 Å². The van der Waals surface area contributed by atoms with Gasteiger partial charge in [-0.15, -0.1) is 0 Å². The molecule has 8 nitrogen and oxygen atoms in total. The lowest BCUT2D eigenvalue weighted by Crippen LogP contribution is -2.49. The molecule has 2 N–H and O–H groups in total. The van der Waals surface area contributed by atoms with Gasteiger partial charge in [-0.25, -0.2) is 9.78 Å². The average Bonchev–Trinajstić information content (AvgIpc) is 2.88. The van der Waals surface area contributed by atoms with Crippen LogP contribution in [-0.2, 0) is 6.18 Å². The van der Waals surface area contributed by atoms with E-state index in [2.05, 4.69) is 15.6 Å². The topological polar surface area (TPSA) is 86.8 Å². The number of pyridine rings is 1. The van der Waals surface area contributed by atoms with Crippen molar-refractivity contribution < 1.29 is 27.5 Å². The number of nitrogens with zero attached hydrogens (tertiary/aromatic N) is 3. The molecule has 0 aliphatic carbocycles. The van der Waals surface area contributed by atoms with E-state index in [9.17, 15) is 22.8 Å². The second-order valence-corrected chi connectivity index (χ2v) is 8.04. The highest BCUT2D eigenvalue weighted by molar-refractivity contribution is 5.99. The Kier molecular flexibility index (Phi) is 7.28. The van der Waals surface area contributed by atoms with Crippen LogP contribution in [0, 0.1) is 0 Å². The van der Waals surface area contributed by atoms with Crippen LogP contribution in [0.5, 0.6) is 5.75 Å². The number of urea groups is 1. The number of carbonyl (C=O) groups excluding carboxylic acids is 2. The lowest BCUT2D eigenvalue weighted by atomic mass is 10.1. The van der Waals surface area contributed by atoms with Gasteiger partial charge in [0.2, 0.25) is 0 Å². The number of ether oxygens (including phenoxy) is 1. The normalized spacial score (nSPS) is 13.8. The summed E-state index contributed by atoms with van der Waals surface area (Å²) in [7, 11) is 1.53. The number of aromatic nitrogens is 1. The number of piperazine rings is 1. The molecule has 1 fully saturated rings. The Balaban J connectivity index is 1.29. The number of hydrogen-bond donors (Lipinski definition) is 2. The number of halogens is 3. The predicted octanol–water partition coefficient (Wildman–Crippen LogP) is 4.72. The Morgan fingerprint density at radius 2 is 1.53 bits per heavy atom. The van der Waals surface area contributed by atoms with Crippen LogP contribution in [0.15, 0.2) is 66.9 Å². The van der Waals surface area contributed by atoms with Crippen molar-refractivity contribution in [2.45, 2.75) is 6.18 Å². The molecule has 1 aliphatic heterocycles. The van der Waals surface area contributed by atoms with Crippen LogP contribution in [0.4, 0.5) is 35.2 Å². The summed E-state index contributed by atoms with van der Waals surface area (Å²) in [6.45, 7) is 2.23. The van der Waals surface area contributed by atoms with E-state index in [-0.39, 0.29) is 11.6 Å². The minimum absolute atomic E-state index is 0.0846. The van der Waals surface area contributed by atoms with Crippen LogP contribution in [-0.4, -0.2) is 55.1 Å². The van der Waals surface area contributed by atoms with Gasteiger partial charge >= 0.3 is 12.2 Å². The number of carbonyl (C=O) groups is 2. The van der Waals surface area contributed by atoms with Crippen LogP contribution in [0.2, 0.25) is 0 Å². The lowest BCUT2D eigenvalue weighted by Gasteiger charge is -2.35. The monoisotopic (exact) mass is 499 g/mol. The molecule has 2 aromatic carbocycles. The number of benzene rings is 2. The van der Waals surface area contributed by atoms with Gasteiger partial charge in [0.25, 0.3) is 5.91 Å². The van der Waals surface area contributed by atoms with Crippen molar-refractivity contribution in [3.63, 3.8) is 0 Å². The zero-order chi connectivity index (χ0) is 25.7. The minimum Gasteiger partial charge on any atom is -0.496 e. The maximum atomic E-state index is 12.9. The van der Waals surface area contributed by atoms with Gasteiger partial charge in [0.1, 0.15) is 11.6 Å². The van der Waals surface area contributed by atoms with Crippen LogP contribution in [0.3, 0.4) is 0 Å². The van der Waals surface area contributed by atoms with E-state index in [0.29, 0.717) is 49.0 Å². The first-order valence-corrected chi connectivity index (χ1v) is 11.1. The van der Waals surface area contributed by atoms with E-state index in [1.54, 1.807) is 35.2 Å². The molecule has 2 heterocycles. The molecule has 1 saturated heterocycles. The van der Waals surface area contributed by atoms with Crippen molar-refractivity contribution in [2.24, 2.45) is 0 Å². The van der Waals surface area contributed by atoms with E-state index in [4.69, 9.17) is 4.74 Å². The first-order valence-electron chi connectivity index (χ1n) is 11.1. The fourth-order valence-electron chi connectivity index (χ4n) is 3.81. The van der Waals surface area contributed by atoms with Gasteiger partial charge in [-0.3, -0.25) is 4.79 Å². The van der Waals surface area contributed by atoms with Gasteiger partial charge < -0.3 is 25.2 Å². The van der Waals surface area contributed by atoms with Crippen molar-refractivity contribution in [3.05, 3.63) is 78.0 Å². The van der Waals surface area contributed by atoms with Crippen LogP contribution < -0.4 is 20.3 Å². The number of anilines is 3. The highest BCUT2D eigenvalue weighted by Crippen LogP contribution is 2.30. The molecule has 1 aliphatic rings. The molecule has 0 spiro atoms. The van der Waals surface area contributed by atoms with Crippen molar-refractivity contribution in [1.29, 1.82) is 0 Å².